The van der Waals surface area contributed by atoms with Crippen LogP contribution in [0.3, 0.4) is 0 Å². The van der Waals surface area contributed by atoms with Crippen molar-refractivity contribution in [3.63, 3.8) is 0 Å². The van der Waals surface area contributed by atoms with Crippen LogP contribution < -0.4 is 0 Å². The summed E-state index contributed by atoms with van der Waals surface area (Å²) in [6, 6.07) is 9.23. The quantitative estimate of drug-likeness (QED) is 0.562. The lowest BCUT2D eigenvalue weighted by molar-refractivity contribution is -0.542. The SMILES string of the molecule is CC1(C)C=[N+]([O-])[C@H](c2ccccc2)N1O. The molecule has 2 rings (SSSR count). The van der Waals surface area contributed by atoms with Crippen LogP contribution in [-0.2, 0) is 0 Å². The summed E-state index contributed by atoms with van der Waals surface area (Å²) in [6.07, 6.45) is 0.839. The van der Waals surface area contributed by atoms with E-state index in [0.29, 0.717) is 0 Å². The van der Waals surface area contributed by atoms with Crippen LogP contribution in [0.15, 0.2) is 30.3 Å². The van der Waals surface area contributed by atoms with Crippen molar-refractivity contribution in [2.45, 2.75) is 25.6 Å². The standard InChI is InChI=1S/C11H14N2O2/c1-11(2)8-12(14)10(13(11)15)9-6-4-3-5-7-9/h3-8,10,15H,1-2H3/t10-/m0/s1. The number of hydrogen-bond acceptors (Lipinski definition) is 3. The van der Waals surface area contributed by atoms with Crippen molar-refractivity contribution >= 4 is 6.21 Å². The third kappa shape index (κ3) is 1.62. The van der Waals surface area contributed by atoms with Crippen LogP contribution in [0.4, 0.5) is 0 Å². The summed E-state index contributed by atoms with van der Waals surface area (Å²) in [5.74, 6) is 0. The maximum absolute atomic E-state index is 11.7. The molecule has 0 aromatic heterocycles. The van der Waals surface area contributed by atoms with E-state index in [1.54, 1.807) is 13.8 Å². The molecule has 1 aliphatic rings. The van der Waals surface area contributed by atoms with Crippen molar-refractivity contribution in [2.24, 2.45) is 0 Å². The normalized spacial score (nSPS) is 25.3. The van der Waals surface area contributed by atoms with Gasteiger partial charge in [0.15, 0.2) is 6.21 Å². The van der Waals surface area contributed by atoms with Gasteiger partial charge in [-0.3, -0.25) is 0 Å². The van der Waals surface area contributed by atoms with Crippen LogP contribution in [-0.4, -0.2) is 26.8 Å². The Kier molecular flexibility index (Phi) is 2.25. The highest BCUT2D eigenvalue weighted by Crippen LogP contribution is 2.30. The van der Waals surface area contributed by atoms with Gasteiger partial charge in [0.05, 0.1) is 0 Å². The largest absolute Gasteiger partial charge is 0.622 e. The van der Waals surface area contributed by atoms with Gasteiger partial charge < -0.3 is 10.4 Å². The van der Waals surface area contributed by atoms with Gasteiger partial charge in [0, 0.05) is 5.56 Å². The zero-order valence-corrected chi connectivity index (χ0v) is 8.79. The third-order valence-electron chi connectivity index (χ3n) is 2.60. The van der Waals surface area contributed by atoms with E-state index in [2.05, 4.69) is 0 Å². The highest BCUT2D eigenvalue weighted by atomic mass is 16.5. The molecule has 0 unspecified atom stereocenters. The Balaban J connectivity index is 2.37. The Morgan fingerprint density at radius 3 is 2.40 bits per heavy atom. The summed E-state index contributed by atoms with van der Waals surface area (Å²) in [4.78, 5) is 0. The fraction of sp³-hybridized carbons (Fsp3) is 0.364. The van der Waals surface area contributed by atoms with E-state index in [9.17, 15) is 10.4 Å². The van der Waals surface area contributed by atoms with E-state index >= 15 is 0 Å². The van der Waals surface area contributed by atoms with Gasteiger partial charge in [-0.25, -0.2) is 0 Å². The molecule has 15 heavy (non-hydrogen) atoms. The predicted octanol–water partition coefficient (Wildman–Crippen LogP) is 1.75. The Morgan fingerprint density at radius 2 is 1.93 bits per heavy atom. The molecule has 1 heterocycles. The minimum Gasteiger partial charge on any atom is -0.622 e. The molecule has 0 bridgehead atoms. The lowest BCUT2D eigenvalue weighted by Gasteiger charge is -2.24. The van der Waals surface area contributed by atoms with Crippen LogP contribution in [0.2, 0.25) is 0 Å². The fourth-order valence-electron chi connectivity index (χ4n) is 1.78. The van der Waals surface area contributed by atoms with Crippen molar-refractivity contribution in [3.05, 3.63) is 41.1 Å². The Bertz CT molecular complexity index is 387. The van der Waals surface area contributed by atoms with Crippen LogP contribution >= 0.6 is 0 Å². The first-order chi connectivity index (χ1) is 7.02. The summed E-state index contributed by atoms with van der Waals surface area (Å²) in [5.41, 5.74) is 0.166. The molecular formula is C11H14N2O2. The summed E-state index contributed by atoms with van der Waals surface area (Å²) < 4.78 is 0.787. The molecule has 0 spiro atoms. The number of hydroxylamine groups is 3. The fourth-order valence-corrected chi connectivity index (χ4v) is 1.78. The number of nitrogens with zero attached hydrogens (tertiary/aromatic N) is 2. The van der Waals surface area contributed by atoms with Crippen molar-refractivity contribution in [1.29, 1.82) is 0 Å². The molecule has 0 aliphatic carbocycles. The predicted molar refractivity (Wildman–Crippen MR) is 56.6 cm³/mol. The third-order valence-corrected chi connectivity index (χ3v) is 2.60. The zero-order valence-electron chi connectivity index (χ0n) is 8.79. The summed E-state index contributed by atoms with van der Waals surface area (Å²) in [6.45, 7) is 3.58. The molecule has 0 fully saturated rings. The second kappa shape index (κ2) is 3.32. The molecule has 80 valence electrons. The van der Waals surface area contributed by atoms with Crippen LogP contribution in [0.5, 0.6) is 0 Å². The van der Waals surface area contributed by atoms with Crippen LogP contribution in [0.1, 0.15) is 25.6 Å². The smallest absolute Gasteiger partial charge is 0.267 e. The zero-order chi connectivity index (χ0) is 11.1. The van der Waals surface area contributed by atoms with Gasteiger partial charge in [-0.2, -0.15) is 4.74 Å². The van der Waals surface area contributed by atoms with E-state index < -0.39 is 11.7 Å². The van der Waals surface area contributed by atoms with Gasteiger partial charge in [-0.1, -0.05) is 30.3 Å². The lowest BCUT2D eigenvalue weighted by atomic mass is 10.1. The average molecular weight is 206 g/mol. The molecule has 0 saturated heterocycles. The molecule has 1 aromatic rings. The van der Waals surface area contributed by atoms with Gasteiger partial charge in [0.2, 0.25) is 0 Å². The van der Waals surface area contributed by atoms with Gasteiger partial charge in [0.1, 0.15) is 5.54 Å². The first-order valence-electron chi connectivity index (χ1n) is 4.87. The van der Waals surface area contributed by atoms with Gasteiger partial charge in [0.25, 0.3) is 6.17 Å². The van der Waals surface area contributed by atoms with Crippen LogP contribution in [0, 0.1) is 5.21 Å². The van der Waals surface area contributed by atoms with E-state index in [0.717, 1.165) is 15.4 Å². The topological polar surface area (TPSA) is 49.5 Å². The van der Waals surface area contributed by atoms with Gasteiger partial charge in [-0.15, -0.1) is 5.06 Å². The summed E-state index contributed by atoms with van der Waals surface area (Å²) >= 11 is 0. The second-order valence-corrected chi connectivity index (χ2v) is 4.27. The maximum Gasteiger partial charge on any atom is 0.267 e. The Morgan fingerprint density at radius 1 is 1.33 bits per heavy atom. The van der Waals surface area contributed by atoms with Crippen molar-refractivity contribution in [1.82, 2.24) is 5.06 Å². The van der Waals surface area contributed by atoms with Crippen LogP contribution in [0.25, 0.3) is 0 Å². The van der Waals surface area contributed by atoms with E-state index in [1.165, 1.54) is 6.21 Å². The first-order valence-corrected chi connectivity index (χ1v) is 4.87. The molecule has 0 radical (unpaired) electrons. The molecule has 1 aliphatic heterocycles. The van der Waals surface area contributed by atoms with Crippen molar-refractivity contribution in [3.8, 4) is 0 Å². The highest BCUT2D eigenvalue weighted by Gasteiger charge is 2.44. The number of benzene rings is 1. The maximum atomic E-state index is 11.7. The van der Waals surface area contributed by atoms with Crippen molar-refractivity contribution in [2.75, 3.05) is 0 Å². The minimum absolute atomic E-state index is 0.623. The monoisotopic (exact) mass is 206 g/mol. The van der Waals surface area contributed by atoms with E-state index in [4.69, 9.17) is 0 Å². The van der Waals surface area contributed by atoms with Gasteiger partial charge >= 0.3 is 0 Å². The molecule has 1 aromatic carbocycles. The van der Waals surface area contributed by atoms with Crippen molar-refractivity contribution < 1.29 is 9.95 Å². The molecule has 0 amide bonds. The number of rotatable bonds is 1. The second-order valence-electron chi connectivity index (χ2n) is 4.27. The summed E-state index contributed by atoms with van der Waals surface area (Å²) in [7, 11) is 0. The number of hydrogen-bond donors (Lipinski definition) is 1. The molecule has 4 nitrogen and oxygen atoms in total. The Hall–Kier alpha value is -1.39. The minimum atomic E-state index is -0.638. The average Bonchev–Trinajstić information content (AvgIpc) is 2.38. The molecule has 4 heteroatoms. The highest BCUT2D eigenvalue weighted by molar-refractivity contribution is 5.65. The lowest BCUT2D eigenvalue weighted by Crippen LogP contribution is -2.39. The first kappa shape index (κ1) is 10.1. The summed E-state index contributed by atoms with van der Waals surface area (Å²) in [5, 5.41) is 22.6. The molecule has 1 N–H and O–H groups in total. The van der Waals surface area contributed by atoms with Gasteiger partial charge in [-0.05, 0) is 13.8 Å². The van der Waals surface area contributed by atoms with E-state index in [1.807, 2.05) is 30.3 Å². The molecule has 1 atom stereocenters. The van der Waals surface area contributed by atoms with E-state index in [-0.39, 0.29) is 0 Å². The molecule has 0 saturated carbocycles. The molecular weight excluding hydrogens is 192 g/mol. The Labute approximate surface area is 88.6 Å².